The molecule has 0 bridgehead atoms. The van der Waals surface area contributed by atoms with E-state index in [1.54, 1.807) is 18.2 Å². The molecule has 0 amide bonds. The molecule has 1 heterocycles. The van der Waals surface area contributed by atoms with E-state index in [-0.39, 0.29) is 22.1 Å². The Morgan fingerprint density at radius 2 is 1.53 bits per heavy atom. The van der Waals surface area contributed by atoms with E-state index in [1.165, 1.54) is 25.1 Å². The van der Waals surface area contributed by atoms with Crippen molar-refractivity contribution in [2.24, 2.45) is 0 Å². The molecule has 3 aromatic carbocycles. The third kappa shape index (κ3) is 4.93. The lowest BCUT2D eigenvalue weighted by Crippen LogP contribution is -2.28. The van der Waals surface area contributed by atoms with Crippen LogP contribution in [0.5, 0.6) is 0 Å². The molecule has 6 N–H and O–H groups in total. The first kappa shape index (κ1) is 24.5. The molecule has 3 aromatic rings. The van der Waals surface area contributed by atoms with Crippen LogP contribution < -0.4 is 21.1 Å². The highest BCUT2D eigenvalue weighted by Gasteiger charge is 2.30. The molecule has 9 nitrogen and oxygen atoms in total. The molecule has 184 valence electrons. The van der Waals surface area contributed by atoms with Crippen LogP contribution in [0.3, 0.4) is 0 Å². The highest BCUT2D eigenvalue weighted by atomic mass is 32.2. The highest BCUT2D eigenvalue weighted by Crippen LogP contribution is 2.34. The van der Waals surface area contributed by atoms with E-state index in [0.29, 0.717) is 23.1 Å². The average molecular weight is 512 g/mol. The van der Waals surface area contributed by atoms with Gasteiger partial charge in [0.1, 0.15) is 28.9 Å². The van der Waals surface area contributed by atoms with Crippen molar-refractivity contribution in [3.63, 3.8) is 0 Å². The fourth-order valence-corrected chi connectivity index (χ4v) is 4.63. The van der Waals surface area contributed by atoms with Crippen molar-refractivity contribution in [2.45, 2.75) is 11.8 Å². The number of hydrogen-bond acceptors (Lipinski definition) is 8. The summed E-state index contributed by atoms with van der Waals surface area (Å²) in [5.41, 5.74) is 6.03. The molecule has 0 atom stereocenters. The minimum atomic E-state index is -4.16. The summed E-state index contributed by atoms with van der Waals surface area (Å²) in [5, 5.41) is 13.2. The maximum Gasteiger partial charge on any atom is 0.262 e. The van der Waals surface area contributed by atoms with E-state index >= 15 is 0 Å². The minimum absolute atomic E-state index is 0.0722. The number of nitrogens with one attached hydrogen (secondary N) is 4. The standard InChI is InChI=1S/C24H19F2N5O4S/c1-12(27)31-36(34,35)18-4-2-3-13(9-18)22(32)21(23(33)14-7-15(25)10-16(26)8-14)24-29-19-6-5-17(28)11-20(19)30-24/h2-11,29-30H,28H2,1H3,(H2,27,31)/b24-21+. The number of anilines is 3. The average Bonchev–Trinajstić information content (AvgIpc) is 3.20. The van der Waals surface area contributed by atoms with Gasteiger partial charge in [-0.3, -0.25) is 19.7 Å². The van der Waals surface area contributed by atoms with Gasteiger partial charge in [0.2, 0.25) is 11.6 Å². The molecule has 1 aliphatic heterocycles. The van der Waals surface area contributed by atoms with Gasteiger partial charge in [-0.25, -0.2) is 17.2 Å². The predicted octanol–water partition coefficient (Wildman–Crippen LogP) is 3.64. The number of nitrogen functional groups attached to an aromatic ring is 1. The molecule has 0 unspecified atom stereocenters. The Morgan fingerprint density at radius 3 is 2.19 bits per heavy atom. The zero-order valence-corrected chi connectivity index (χ0v) is 19.5. The smallest absolute Gasteiger partial charge is 0.262 e. The van der Waals surface area contributed by atoms with Gasteiger partial charge in [0.15, 0.2) is 0 Å². The Labute approximate surface area is 204 Å². The van der Waals surface area contributed by atoms with Gasteiger partial charge in [0.05, 0.1) is 16.3 Å². The van der Waals surface area contributed by atoms with Crippen molar-refractivity contribution in [3.8, 4) is 0 Å². The van der Waals surface area contributed by atoms with Crippen molar-refractivity contribution in [3.05, 3.63) is 94.8 Å². The first-order valence-corrected chi connectivity index (χ1v) is 11.8. The van der Waals surface area contributed by atoms with E-state index in [1.807, 2.05) is 4.72 Å². The maximum atomic E-state index is 13.9. The largest absolute Gasteiger partial charge is 0.399 e. The number of benzene rings is 3. The number of hydrogen-bond donors (Lipinski definition) is 5. The molecule has 36 heavy (non-hydrogen) atoms. The number of carbonyl (C=O) groups is 2. The summed E-state index contributed by atoms with van der Waals surface area (Å²) in [7, 11) is -4.16. The van der Waals surface area contributed by atoms with Gasteiger partial charge in [-0.1, -0.05) is 12.1 Å². The molecule has 0 saturated heterocycles. The van der Waals surface area contributed by atoms with E-state index in [4.69, 9.17) is 11.1 Å². The van der Waals surface area contributed by atoms with E-state index in [2.05, 4.69) is 10.6 Å². The number of carbonyl (C=O) groups excluding carboxylic acids is 2. The zero-order chi connectivity index (χ0) is 26.2. The Hall–Kier alpha value is -4.58. The number of Topliss-reactive ketones (excluding diaryl/α,β-unsaturated/α-hetero) is 2. The van der Waals surface area contributed by atoms with Crippen LogP contribution in [0.15, 0.2) is 77.0 Å². The van der Waals surface area contributed by atoms with Crippen molar-refractivity contribution >= 4 is 44.5 Å². The Bertz CT molecular complexity index is 1560. The predicted molar refractivity (Wildman–Crippen MR) is 130 cm³/mol. The summed E-state index contributed by atoms with van der Waals surface area (Å²) in [5.74, 6) is -4.36. The quantitative estimate of drug-likeness (QED) is 0.0644. The number of allylic oxidation sites excluding steroid dienone is 1. The Kier molecular flexibility index (Phi) is 6.29. The van der Waals surface area contributed by atoms with E-state index in [9.17, 15) is 26.8 Å². The molecule has 0 radical (unpaired) electrons. The third-order valence-corrected chi connectivity index (χ3v) is 6.54. The monoisotopic (exact) mass is 511 g/mol. The van der Waals surface area contributed by atoms with E-state index < -0.39 is 44.4 Å². The van der Waals surface area contributed by atoms with Crippen LogP contribution >= 0.6 is 0 Å². The van der Waals surface area contributed by atoms with Crippen molar-refractivity contribution in [1.29, 1.82) is 5.41 Å². The number of rotatable bonds is 6. The van der Waals surface area contributed by atoms with Crippen LogP contribution in [0, 0.1) is 17.0 Å². The number of halogens is 2. The number of ketones is 2. The second kappa shape index (κ2) is 9.23. The van der Waals surface area contributed by atoms with Gasteiger partial charge in [-0.15, -0.1) is 0 Å². The summed E-state index contributed by atoms with van der Waals surface area (Å²) in [4.78, 5) is 26.7. The highest BCUT2D eigenvalue weighted by molar-refractivity contribution is 7.90. The van der Waals surface area contributed by atoms with Gasteiger partial charge in [-0.05, 0) is 49.4 Å². The van der Waals surface area contributed by atoms with Gasteiger partial charge in [0, 0.05) is 22.9 Å². The Balaban J connectivity index is 1.84. The summed E-state index contributed by atoms with van der Waals surface area (Å²) in [6, 6.07) is 11.8. The molecule has 0 fully saturated rings. The lowest BCUT2D eigenvalue weighted by molar-refractivity contribution is 0.0960. The third-order valence-electron chi connectivity index (χ3n) is 5.09. The molecule has 0 aliphatic carbocycles. The topological polar surface area (TPSA) is 154 Å². The van der Waals surface area contributed by atoms with Crippen LogP contribution in [0.25, 0.3) is 0 Å². The first-order valence-electron chi connectivity index (χ1n) is 10.4. The van der Waals surface area contributed by atoms with Crippen LogP contribution in [-0.2, 0) is 10.0 Å². The van der Waals surface area contributed by atoms with Gasteiger partial charge in [-0.2, -0.15) is 0 Å². The molecule has 12 heteroatoms. The minimum Gasteiger partial charge on any atom is -0.399 e. The fraction of sp³-hybridized carbons (Fsp3) is 0.0417. The van der Waals surface area contributed by atoms with Gasteiger partial charge >= 0.3 is 0 Å². The fourth-order valence-electron chi connectivity index (χ4n) is 3.57. The zero-order valence-electron chi connectivity index (χ0n) is 18.6. The molecule has 1 aliphatic rings. The van der Waals surface area contributed by atoms with Crippen LogP contribution in [0.4, 0.5) is 25.8 Å². The maximum absolute atomic E-state index is 13.9. The molecule has 0 spiro atoms. The lowest BCUT2D eigenvalue weighted by atomic mass is 9.95. The Morgan fingerprint density at radius 1 is 0.889 bits per heavy atom. The summed E-state index contributed by atoms with van der Waals surface area (Å²) in [6.45, 7) is 1.23. The molecule has 0 aromatic heterocycles. The summed E-state index contributed by atoms with van der Waals surface area (Å²) < 4.78 is 54.7. The van der Waals surface area contributed by atoms with Gasteiger partial charge in [0.25, 0.3) is 10.0 Å². The molecular weight excluding hydrogens is 492 g/mol. The SMILES string of the molecule is CC(=N)NS(=O)(=O)c1cccc(C(=O)/C(C(=O)c2cc(F)cc(F)c2)=C2/Nc3ccc(N)cc3N2)c1. The van der Waals surface area contributed by atoms with Crippen LogP contribution in [0.1, 0.15) is 27.6 Å². The van der Waals surface area contributed by atoms with Crippen LogP contribution in [-0.4, -0.2) is 25.8 Å². The normalized spacial score (nSPS) is 13.8. The second-order valence-corrected chi connectivity index (χ2v) is 9.56. The molecular formula is C24H19F2N5O4S. The number of nitrogens with two attached hydrogens (primary N) is 1. The van der Waals surface area contributed by atoms with Crippen LogP contribution in [0.2, 0.25) is 0 Å². The first-order chi connectivity index (χ1) is 16.9. The number of amidine groups is 1. The molecule has 0 saturated carbocycles. The summed E-state index contributed by atoms with van der Waals surface area (Å²) in [6.07, 6.45) is 0. The second-order valence-electron chi connectivity index (χ2n) is 7.88. The number of fused-ring (bicyclic) bond motifs is 1. The van der Waals surface area contributed by atoms with Crippen molar-refractivity contribution < 1.29 is 26.8 Å². The lowest BCUT2D eigenvalue weighted by Gasteiger charge is -2.12. The van der Waals surface area contributed by atoms with E-state index in [0.717, 1.165) is 18.2 Å². The van der Waals surface area contributed by atoms with Gasteiger partial charge < -0.3 is 16.4 Å². The van der Waals surface area contributed by atoms with Crippen molar-refractivity contribution in [2.75, 3.05) is 16.4 Å². The summed E-state index contributed by atoms with van der Waals surface area (Å²) >= 11 is 0. The number of sulfonamides is 1. The van der Waals surface area contributed by atoms with Crippen molar-refractivity contribution in [1.82, 2.24) is 4.72 Å². The molecule has 4 rings (SSSR count).